The lowest BCUT2D eigenvalue weighted by atomic mass is 10.0. The normalized spacial score (nSPS) is 24.9. The molecule has 0 radical (unpaired) electrons. The number of sulfone groups is 1. The van der Waals surface area contributed by atoms with Crippen molar-refractivity contribution in [3.8, 4) is 0 Å². The fourth-order valence-corrected chi connectivity index (χ4v) is 3.96. The molecule has 90 valence electrons. The highest BCUT2D eigenvalue weighted by Crippen LogP contribution is 2.17. The molecule has 1 unspecified atom stereocenters. The molecule has 1 aliphatic rings. The molecule has 1 heterocycles. The zero-order valence-corrected chi connectivity index (χ0v) is 10.6. The highest BCUT2D eigenvalue weighted by molar-refractivity contribution is 7.91. The molecule has 15 heavy (non-hydrogen) atoms. The van der Waals surface area contributed by atoms with E-state index in [0.717, 1.165) is 25.4 Å². The predicted molar refractivity (Wildman–Crippen MR) is 63.7 cm³/mol. The maximum absolute atomic E-state index is 11.2. The third kappa shape index (κ3) is 4.51. The second-order valence-corrected chi connectivity index (χ2v) is 6.84. The maximum Gasteiger partial charge on any atom is 0.150 e. The van der Waals surface area contributed by atoms with Gasteiger partial charge in [0.05, 0.1) is 11.5 Å². The van der Waals surface area contributed by atoms with Crippen LogP contribution in [-0.2, 0) is 9.84 Å². The Morgan fingerprint density at radius 2 is 2.00 bits per heavy atom. The van der Waals surface area contributed by atoms with E-state index in [1.54, 1.807) is 0 Å². The van der Waals surface area contributed by atoms with Crippen LogP contribution < -0.4 is 5.32 Å². The number of hydrogen-bond donors (Lipinski definition) is 1. The first-order valence-electron chi connectivity index (χ1n) is 5.98. The lowest BCUT2D eigenvalue weighted by Crippen LogP contribution is -2.28. The monoisotopic (exact) mass is 233 g/mol. The Morgan fingerprint density at radius 3 is 2.47 bits per heavy atom. The van der Waals surface area contributed by atoms with Crippen LogP contribution in [0.3, 0.4) is 0 Å². The van der Waals surface area contributed by atoms with Crippen LogP contribution in [0.1, 0.15) is 33.1 Å². The van der Waals surface area contributed by atoms with E-state index in [4.69, 9.17) is 0 Å². The van der Waals surface area contributed by atoms with Gasteiger partial charge in [-0.2, -0.15) is 0 Å². The molecule has 1 rings (SSSR count). The second kappa shape index (κ2) is 5.85. The van der Waals surface area contributed by atoms with Crippen LogP contribution in [-0.4, -0.2) is 33.0 Å². The van der Waals surface area contributed by atoms with Gasteiger partial charge in [0.25, 0.3) is 0 Å². The first kappa shape index (κ1) is 13.0. The lowest BCUT2D eigenvalue weighted by Gasteiger charge is -2.15. The van der Waals surface area contributed by atoms with E-state index in [0.29, 0.717) is 17.4 Å². The highest BCUT2D eigenvalue weighted by atomic mass is 32.2. The van der Waals surface area contributed by atoms with Crippen molar-refractivity contribution in [2.24, 2.45) is 11.8 Å². The Morgan fingerprint density at radius 1 is 1.33 bits per heavy atom. The molecule has 1 N–H and O–H groups in total. The van der Waals surface area contributed by atoms with Crippen molar-refractivity contribution in [2.45, 2.75) is 33.1 Å². The standard InChI is InChI=1S/C11H23NO2S/c1-3-10(4-2)7-12-8-11-5-6-15(13,14)9-11/h10-12H,3-9H2,1-2H3. The summed E-state index contributed by atoms with van der Waals surface area (Å²) in [4.78, 5) is 0. The van der Waals surface area contributed by atoms with Gasteiger partial charge in [0, 0.05) is 0 Å². The fourth-order valence-electron chi connectivity index (χ4n) is 2.10. The first-order valence-corrected chi connectivity index (χ1v) is 7.80. The minimum atomic E-state index is -2.70. The SMILES string of the molecule is CCC(CC)CNCC1CCS(=O)(=O)C1. The predicted octanol–water partition coefficient (Wildman–Crippen LogP) is 1.45. The van der Waals surface area contributed by atoms with E-state index in [1.807, 2.05) is 0 Å². The van der Waals surface area contributed by atoms with Crippen molar-refractivity contribution in [1.29, 1.82) is 0 Å². The Bertz CT molecular complexity index is 270. The van der Waals surface area contributed by atoms with E-state index in [9.17, 15) is 8.42 Å². The van der Waals surface area contributed by atoms with Gasteiger partial charge in [0.15, 0.2) is 9.84 Å². The highest BCUT2D eigenvalue weighted by Gasteiger charge is 2.27. The van der Waals surface area contributed by atoms with Crippen molar-refractivity contribution in [3.05, 3.63) is 0 Å². The van der Waals surface area contributed by atoms with Gasteiger partial charge >= 0.3 is 0 Å². The molecule has 3 nitrogen and oxygen atoms in total. The summed E-state index contributed by atoms with van der Waals surface area (Å²) in [5, 5.41) is 3.40. The molecule has 0 saturated carbocycles. The van der Waals surface area contributed by atoms with Gasteiger partial charge in [-0.15, -0.1) is 0 Å². The molecule has 1 atom stereocenters. The van der Waals surface area contributed by atoms with Crippen molar-refractivity contribution in [2.75, 3.05) is 24.6 Å². The van der Waals surface area contributed by atoms with E-state index in [2.05, 4.69) is 19.2 Å². The summed E-state index contributed by atoms with van der Waals surface area (Å²) in [6, 6.07) is 0. The summed E-state index contributed by atoms with van der Waals surface area (Å²) < 4.78 is 22.4. The van der Waals surface area contributed by atoms with E-state index in [-0.39, 0.29) is 0 Å². The van der Waals surface area contributed by atoms with Crippen LogP contribution in [0.2, 0.25) is 0 Å². The van der Waals surface area contributed by atoms with Crippen molar-refractivity contribution >= 4 is 9.84 Å². The summed E-state index contributed by atoms with van der Waals surface area (Å²) >= 11 is 0. The molecule has 0 amide bonds. The quantitative estimate of drug-likeness (QED) is 0.755. The second-order valence-electron chi connectivity index (χ2n) is 4.61. The van der Waals surface area contributed by atoms with Gasteiger partial charge in [-0.25, -0.2) is 8.42 Å². The molecule has 4 heteroatoms. The molecular weight excluding hydrogens is 210 g/mol. The summed E-state index contributed by atoms with van der Waals surface area (Å²) in [7, 11) is -2.70. The molecule has 0 spiro atoms. The van der Waals surface area contributed by atoms with Gasteiger partial charge in [-0.05, 0) is 31.3 Å². The largest absolute Gasteiger partial charge is 0.316 e. The summed E-state index contributed by atoms with van der Waals surface area (Å²) in [6.07, 6.45) is 3.25. The smallest absolute Gasteiger partial charge is 0.150 e. The first-order chi connectivity index (χ1) is 7.07. The fraction of sp³-hybridized carbons (Fsp3) is 1.00. The third-order valence-corrected chi connectivity index (χ3v) is 5.18. The Labute approximate surface area is 93.6 Å². The van der Waals surface area contributed by atoms with Crippen LogP contribution in [0, 0.1) is 11.8 Å². The molecule has 0 aromatic carbocycles. The Balaban J connectivity index is 2.16. The van der Waals surface area contributed by atoms with Crippen molar-refractivity contribution in [1.82, 2.24) is 5.32 Å². The van der Waals surface area contributed by atoms with Gasteiger partial charge < -0.3 is 5.32 Å². The van der Waals surface area contributed by atoms with Crippen LogP contribution in [0.25, 0.3) is 0 Å². The van der Waals surface area contributed by atoms with E-state index in [1.165, 1.54) is 12.8 Å². The topological polar surface area (TPSA) is 46.2 Å². The van der Waals surface area contributed by atoms with Gasteiger partial charge in [-0.1, -0.05) is 26.7 Å². The van der Waals surface area contributed by atoms with Crippen molar-refractivity contribution < 1.29 is 8.42 Å². The molecule has 0 aromatic heterocycles. The van der Waals surface area contributed by atoms with Gasteiger partial charge in [0.2, 0.25) is 0 Å². The van der Waals surface area contributed by atoms with Gasteiger partial charge in [0.1, 0.15) is 0 Å². The molecule has 1 fully saturated rings. The minimum absolute atomic E-state index is 0.351. The summed E-state index contributed by atoms with van der Waals surface area (Å²) in [5.41, 5.74) is 0. The number of hydrogen-bond acceptors (Lipinski definition) is 3. The van der Waals surface area contributed by atoms with Crippen LogP contribution in [0.5, 0.6) is 0 Å². The molecule has 1 saturated heterocycles. The zero-order valence-electron chi connectivity index (χ0n) is 9.83. The van der Waals surface area contributed by atoms with Crippen LogP contribution in [0.15, 0.2) is 0 Å². The van der Waals surface area contributed by atoms with Crippen LogP contribution >= 0.6 is 0 Å². The van der Waals surface area contributed by atoms with Crippen LogP contribution in [0.4, 0.5) is 0 Å². The zero-order chi connectivity index (χ0) is 11.3. The number of rotatable bonds is 6. The third-order valence-electron chi connectivity index (χ3n) is 3.35. The Kier molecular flexibility index (Phi) is 5.06. The summed E-state index contributed by atoms with van der Waals surface area (Å²) in [5.74, 6) is 1.88. The molecule has 0 bridgehead atoms. The van der Waals surface area contributed by atoms with E-state index >= 15 is 0 Å². The average Bonchev–Trinajstić information content (AvgIpc) is 2.53. The summed E-state index contributed by atoms with van der Waals surface area (Å²) in [6.45, 7) is 6.31. The number of nitrogens with one attached hydrogen (secondary N) is 1. The molecule has 0 aromatic rings. The molecule has 1 aliphatic heterocycles. The maximum atomic E-state index is 11.2. The lowest BCUT2D eigenvalue weighted by molar-refractivity contribution is 0.423. The van der Waals surface area contributed by atoms with E-state index < -0.39 is 9.84 Å². The minimum Gasteiger partial charge on any atom is -0.316 e. The average molecular weight is 233 g/mol. The van der Waals surface area contributed by atoms with Crippen molar-refractivity contribution in [3.63, 3.8) is 0 Å². The van der Waals surface area contributed by atoms with Gasteiger partial charge in [-0.3, -0.25) is 0 Å². The Hall–Kier alpha value is -0.0900. The molecular formula is C11H23NO2S. The molecule has 0 aliphatic carbocycles.